The zero-order chi connectivity index (χ0) is 24.4. The van der Waals surface area contributed by atoms with Gasteiger partial charge in [0.1, 0.15) is 0 Å². The van der Waals surface area contributed by atoms with Crippen molar-refractivity contribution in [3.05, 3.63) is 64.8 Å². The maximum absolute atomic E-state index is 13.0. The van der Waals surface area contributed by atoms with Crippen molar-refractivity contribution in [1.82, 2.24) is 9.99 Å². The molecule has 8 heteroatoms. The predicted octanol–water partition coefficient (Wildman–Crippen LogP) is 4.41. The second kappa shape index (κ2) is 9.51. The lowest BCUT2D eigenvalue weighted by atomic mass is 9.95. The van der Waals surface area contributed by atoms with Gasteiger partial charge in [-0.25, -0.2) is 5.01 Å². The monoisotopic (exact) mass is 461 g/mol. The van der Waals surface area contributed by atoms with E-state index in [-0.39, 0.29) is 24.8 Å². The number of aryl methyl sites for hydroxylation is 2. The number of carboxylic acids is 1. The molecule has 0 saturated heterocycles. The molecule has 2 heterocycles. The van der Waals surface area contributed by atoms with E-state index in [9.17, 15) is 9.59 Å². The molecule has 34 heavy (non-hydrogen) atoms. The summed E-state index contributed by atoms with van der Waals surface area (Å²) < 4.78 is 10.8. The highest BCUT2D eigenvalue weighted by Crippen LogP contribution is 2.38. The molecular formula is C26H27N3O5. The summed E-state index contributed by atoms with van der Waals surface area (Å²) >= 11 is 0. The van der Waals surface area contributed by atoms with Gasteiger partial charge in [0.25, 0.3) is 0 Å². The molecular weight excluding hydrogens is 434 g/mol. The predicted molar refractivity (Wildman–Crippen MR) is 128 cm³/mol. The fourth-order valence-corrected chi connectivity index (χ4v) is 4.18. The Morgan fingerprint density at radius 2 is 1.71 bits per heavy atom. The van der Waals surface area contributed by atoms with Crippen LogP contribution < -0.4 is 9.47 Å². The van der Waals surface area contributed by atoms with Crippen LogP contribution in [0.1, 0.15) is 47.7 Å². The highest BCUT2D eigenvalue weighted by molar-refractivity contribution is 6.03. The number of hydrazone groups is 1. The van der Waals surface area contributed by atoms with Crippen LogP contribution in [0.3, 0.4) is 0 Å². The van der Waals surface area contributed by atoms with E-state index in [4.69, 9.17) is 19.6 Å². The first-order valence-electron chi connectivity index (χ1n) is 11.0. The molecule has 0 radical (unpaired) electrons. The largest absolute Gasteiger partial charge is 0.493 e. The second-order valence-corrected chi connectivity index (χ2v) is 8.33. The van der Waals surface area contributed by atoms with Crippen molar-refractivity contribution in [3.63, 3.8) is 0 Å². The van der Waals surface area contributed by atoms with Crippen LogP contribution in [-0.2, 0) is 9.59 Å². The summed E-state index contributed by atoms with van der Waals surface area (Å²) in [4.78, 5) is 28.8. The number of aliphatic carboxylic acids is 1. The van der Waals surface area contributed by atoms with Gasteiger partial charge in [-0.15, -0.1) is 0 Å². The molecule has 0 saturated carbocycles. The third-order valence-corrected chi connectivity index (χ3v) is 6.01. The zero-order valence-corrected chi connectivity index (χ0v) is 19.7. The van der Waals surface area contributed by atoms with E-state index >= 15 is 0 Å². The highest BCUT2D eigenvalue weighted by Gasteiger charge is 2.34. The third kappa shape index (κ3) is 4.57. The van der Waals surface area contributed by atoms with Crippen molar-refractivity contribution in [1.29, 1.82) is 0 Å². The van der Waals surface area contributed by atoms with Crippen LogP contribution in [0.2, 0.25) is 0 Å². The number of carboxylic acid groups (broad SMARTS) is 1. The average molecular weight is 462 g/mol. The summed E-state index contributed by atoms with van der Waals surface area (Å²) in [7, 11) is 3.15. The summed E-state index contributed by atoms with van der Waals surface area (Å²) in [6.07, 6.45) is 0.133. The Morgan fingerprint density at radius 3 is 2.35 bits per heavy atom. The van der Waals surface area contributed by atoms with Gasteiger partial charge in [-0.05, 0) is 37.1 Å². The molecule has 1 aromatic heterocycles. The molecule has 1 N–H and O–H groups in total. The number of hydrogen-bond donors (Lipinski definition) is 1. The molecule has 0 bridgehead atoms. The van der Waals surface area contributed by atoms with Crippen LogP contribution in [0, 0.1) is 13.8 Å². The number of aromatic nitrogens is 1. The van der Waals surface area contributed by atoms with Crippen LogP contribution in [-0.4, -0.2) is 46.9 Å². The molecule has 1 aliphatic heterocycles. The molecule has 176 valence electrons. The molecule has 8 nitrogen and oxygen atoms in total. The van der Waals surface area contributed by atoms with E-state index in [0.717, 1.165) is 39.0 Å². The number of nitrogens with zero attached hydrogens (tertiary/aromatic N) is 3. The molecule has 2 aromatic carbocycles. The summed E-state index contributed by atoms with van der Waals surface area (Å²) in [6.45, 7) is 3.91. The molecule has 0 aliphatic carbocycles. The first-order valence-corrected chi connectivity index (χ1v) is 11.0. The number of ether oxygens (including phenoxy) is 2. The van der Waals surface area contributed by atoms with Gasteiger partial charge < -0.3 is 14.6 Å². The van der Waals surface area contributed by atoms with Gasteiger partial charge in [0, 0.05) is 30.0 Å². The van der Waals surface area contributed by atoms with E-state index in [1.54, 1.807) is 14.2 Å². The van der Waals surface area contributed by atoms with Crippen molar-refractivity contribution < 1.29 is 24.2 Å². The topological polar surface area (TPSA) is 101 Å². The normalized spacial score (nSPS) is 15.4. The summed E-state index contributed by atoms with van der Waals surface area (Å²) in [5.41, 5.74) is 5.21. The highest BCUT2D eigenvalue weighted by atomic mass is 16.5. The quantitative estimate of drug-likeness (QED) is 0.559. The number of amides is 1. The van der Waals surface area contributed by atoms with Crippen molar-refractivity contribution in [2.75, 3.05) is 14.2 Å². The van der Waals surface area contributed by atoms with Crippen molar-refractivity contribution in [3.8, 4) is 11.5 Å². The Bertz CT molecular complexity index is 1280. The van der Waals surface area contributed by atoms with E-state index in [2.05, 4.69) is 5.10 Å². The number of methoxy groups -OCH3 is 2. The molecule has 4 rings (SSSR count). The first kappa shape index (κ1) is 23.2. The number of carbonyl (C=O) groups is 2. The first-order chi connectivity index (χ1) is 16.3. The fraction of sp³-hybridized carbons (Fsp3) is 0.308. The summed E-state index contributed by atoms with van der Waals surface area (Å²) in [5.74, 6) is -0.173. The number of benzene rings is 2. The van der Waals surface area contributed by atoms with Crippen LogP contribution >= 0.6 is 0 Å². The lowest BCUT2D eigenvalue weighted by Gasteiger charge is -2.23. The van der Waals surface area contributed by atoms with Gasteiger partial charge in [-0.3, -0.25) is 14.6 Å². The van der Waals surface area contributed by atoms with E-state index in [1.807, 2.05) is 56.3 Å². The molecule has 1 amide bonds. The average Bonchev–Trinajstić information content (AvgIpc) is 3.27. The third-order valence-electron chi connectivity index (χ3n) is 6.01. The number of hydrogen-bond acceptors (Lipinski definition) is 6. The smallest absolute Gasteiger partial charge is 0.303 e. The van der Waals surface area contributed by atoms with Gasteiger partial charge in [0.05, 0.1) is 37.9 Å². The number of fused-ring (bicyclic) bond motifs is 1. The van der Waals surface area contributed by atoms with Gasteiger partial charge >= 0.3 is 5.97 Å². The van der Waals surface area contributed by atoms with E-state index < -0.39 is 5.97 Å². The fourth-order valence-electron chi connectivity index (χ4n) is 4.18. The van der Waals surface area contributed by atoms with Crippen molar-refractivity contribution in [2.24, 2.45) is 5.10 Å². The van der Waals surface area contributed by atoms with Gasteiger partial charge in [0.2, 0.25) is 5.91 Å². The minimum Gasteiger partial charge on any atom is -0.493 e. The Morgan fingerprint density at radius 1 is 1.03 bits per heavy atom. The molecule has 3 aromatic rings. The van der Waals surface area contributed by atoms with E-state index in [1.165, 1.54) is 5.01 Å². The maximum atomic E-state index is 13.0. The summed E-state index contributed by atoms with van der Waals surface area (Å²) in [6, 6.07) is 13.3. The minimum absolute atomic E-state index is 0.123. The molecule has 1 unspecified atom stereocenters. The lowest BCUT2D eigenvalue weighted by Crippen LogP contribution is -2.28. The van der Waals surface area contributed by atoms with Crippen molar-refractivity contribution in [2.45, 2.75) is 39.2 Å². The Kier molecular flexibility index (Phi) is 6.49. The number of carbonyl (C=O) groups excluding carboxylic acids is 1. The molecule has 1 atom stereocenters. The molecule has 1 aliphatic rings. The lowest BCUT2D eigenvalue weighted by molar-refractivity contribution is -0.141. The summed E-state index contributed by atoms with van der Waals surface area (Å²) in [5, 5.41) is 16.0. The van der Waals surface area contributed by atoms with Gasteiger partial charge in [-0.1, -0.05) is 29.8 Å². The van der Waals surface area contributed by atoms with Crippen LogP contribution in [0.15, 0.2) is 47.6 Å². The minimum atomic E-state index is -1.02. The van der Waals surface area contributed by atoms with Gasteiger partial charge in [0.15, 0.2) is 11.5 Å². The van der Waals surface area contributed by atoms with Crippen molar-refractivity contribution >= 4 is 28.5 Å². The molecule has 0 fully saturated rings. The van der Waals surface area contributed by atoms with Crippen LogP contribution in [0.5, 0.6) is 11.5 Å². The van der Waals surface area contributed by atoms with Gasteiger partial charge in [-0.2, -0.15) is 5.10 Å². The standard InChI is InChI=1S/C26H27N3O5/c1-15-5-7-17(8-6-15)21-13-22(29(28-21)25(30)9-10-26(31)32)19-11-18-12-23(33-3)24(34-4)14-20(18)27-16(19)2/h5-8,11-12,14,22H,9-10,13H2,1-4H3,(H,31,32). The maximum Gasteiger partial charge on any atom is 0.303 e. The number of pyridine rings is 1. The Balaban J connectivity index is 1.76. The van der Waals surface area contributed by atoms with E-state index in [0.29, 0.717) is 17.9 Å². The molecule has 0 spiro atoms. The Hall–Kier alpha value is -3.94. The zero-order valence-electron chi connectivity index (χ0n) is 19.7. The Labute approximate surface area is 197 Å². The second-order valence-electron chi connectivity index (χ2n) is 8.33. The van der Waals surface area contributed by atoms with Crippen LogP contribution in [0.4, 0.5) is 0 Å². The van der Waals surface area contributed by atoms with Crippen LogP contribution in [0.25, 0.3) is 10.9 Å². The SMILES string of the molecule is COc1cc2cc(C3CC(c4ccc(C)cc4)=NN3C(=O)CCC(=O)O)c(C)nc2cc1OC. The number of rotatable bonds is 7.